The largest absolute Gasteiger partial charge is 0.494 e. The van der Waals surface area contributed by atoms with Crippen LogP contribution >= 0.6 is 0 Å². The predicted octanol–water partition coefficient (Wildman–Crippen LogP) is 6.83. The molecule has 0 aromatic heterocycles. The number of ether oxygens (including phenoxy) is 1. The molecule has 0 spiro atoms. The maximum absolute atomic E-state index is 13.5. The molecule has 0 saturated carbocycles. The van der Waals surface area contributed by atoms with Crippen molar-refractivity contribution in [3.05, 3.63) is 83.1 Å². The second kappa shape index (κ2) is 7.56. The summed E-state index contributed by atoms with van der Waals surface area (Å²) in [4.78, 5) is 13.5. The molecule has 2 aliphatic rings. The van der Waals surface area contributed by atoms with E-state index in [0.29, 0.717) is 13.0 Å². The molecule has 3 heteroatoms. The lowest BCUT2D eigenvalue weighted by Crippen LogP contribution is -2.33. The van der Waals surface area contributed by atoms with Crippen molar-refractivity contribution in [2.75, 3.05) is 11.9 Å². The van der Waals surface area contributed by atoms with Gasteiger partial charge in [-0.15, -0.1) is 0 Å². The number of rotatable bonds is 4. The van der Waals surface area contributed by atoms with Gasteiger partial charge in [-0.05, 0) is 58.4 Å². The third-order valence-electron chi connectivity index (χ3n) is 6.44. The minimum atomic E-state index is -0.0684. The SMILES string of the molecule is CCCOc1ccc([C@@H]2C3=C(CC(C)(C)CC3=O)Nc3ccc4ccccc4c32)cc1. The molecule has 0 radical (unpaired) electrons. The molecule has 0 saturated heterocycles. The van der Waals surface area contributed by atoms with Crippen molar-refractivity contribution in [1.29, 1.82) is 0 Å². The fourth-order valence-electron chi connectivity index (χ4n) is 5.11. The number of anilines is 1. The van der Waals surface area contributed by atoms with Crippen molar-refractivity contribution in [3.8, 4) is 5.75 Å². The summed E-state index contributed by atoms with van der Waals surface area (Å²) in [6.45, 7) is 7.18. The van der Waals surface area contributed by atoms with Gasteiger partial charge >= 0.3 is 0 Å². The third kappa shape index (κ3) is 3.52. The summed E-state index contributed by atoms with van der Waals surface area (Å²) in [5.74, 6) is 1.07. The lowest BCUT2D eigenvalue weighted by atomic mass is 9.68. The molecule has 1 atom stereocenters. The summed E-state index contributed by atoms with van der Waals surface area (Å²) < 4.78 is 5.80. The van der Waals surface area contributed by atoms with Gasteiger partial charge in [-0.2, -0.15) is 0 Å². The van der Waals surface area contributed by atoms with E-state index in [4.69, 9.17) is 4.74 Å². The van der Waals surface area contributed by atoms with Crippen LogP contribution in [0.1, 0.15) is 57.1 Å². The maximum atomic E-state index is 13.5. The Bertz CT molecular complexity index is 1190. The molecule has 0 amide bonds. The number of fused-ring (bicyclic) bond motifs is 3. The second-order valence-corrected chi connectivity index (χ2v) is 9.56. The smallest absolute Gasteiger partial charge is 0.162 e. The second-order valence-electron chi connectivity index (χ2n) is 9.56. The van der Waals surface area contributed by atoms with Gasteiger partial charge in [-0.1, -0.05) is 63.2 Å². The van der Waals surface area contributed by atoms with Crippen LogP contribution in [0.3, 0.4) is 0 Å². The van der Waals surface area contributed by atoms with Gasteiger partial charge in [0.2, 0.25) is 0 Å². The van der Waals surface area contributed by atoms with Crippen molar-refractivity contribution in [2.45, 2.75) is 46.0 Å². The lowest BCUT2D eigenvalue weighted by Gasteiger charge is -2.40. The van der Waals surface area contributed by atoms with Crippen LogP contribution in [-0.4, -0.2) is 12.4 Å². The van der Waals surface area contributed by atoms with E-state index >= 15 is 0 Å². The average molecular weight is 412 g/mol. The topological polar surface area (TPSA) is 38.3 Å². The Balaban J connectivity index is 1.70. The summed E-state index contributed by atoms with van der Waals surface area (Å²) in [6.07, 6.45) is 2.45. The van der Waals surface area contributed by atoms with Gasteiger partial charge < -0.3 is 10.1 Å². The molecule has 0 fully saturated rings. The zero-order valence-electron chi connectivity index (χ0n) is 18.5. The van der Waals surface area contributed by atoms with E-state index in [1.165, 1.54) is 16.3 Å². The zero-order chi connectivity index (χ0) is 21.6. The van der Waals surface area contributed by atoms with E-state index in [1.54, 1.807) is 0 Å². The van der Waals surface area contributed by atoms with Crippen LogP contribution in [0.5, 0.6) is 5.75 Å². The van der Waals surface area contributed by atoms with Crippen LogP contribution in [-0.2, 0) is 4.79 Å². The molecule has 1 aliphatic carbocycles. The molecule has 3 aromatic carbocycles. The highest BCUT2D eigenvalue weighted by atomic mass is 16.5. The first kappa shape index (κ1) is 19.9. The molecule has 0 bridgehead atoms. The van der Waals surface area contributed by atoms with Crippen LogP contribution in [0, 0.1) is 5.41 Å². The van der Waals surface area contributed by atoms with Gasteiger partial charge in [-0.25, -0.2) is 0 Å². The van der Waals surface area contributed by atoms with Crippen molar-refractivity contribution >= 4 is 22.2 Å². The highest BCUT2D eigenvalue weighted by Gasteiger charge is 2.41. The van der Waals surface area contributed by atoms with Crippen LogP contribution < -0.4 is 10.1 Å². The van der Waals surface area contributed by atoms with Gasteiger partial charge in [0.15, 0.2) is 5.78 Å². The number of hydrogen-bond donors (Lipinski definition) is 1. The van der Waals surface area contributed by atoms with Crippen molar-refractivity contribution in [1.82, 2.24) is 0 Å². The first-order valence-electron chi connectivity index (χ1n) is 11.2. The van der Waals surface area contributed by atoms with Crippen molar-refractivity contribution < 1.29 is 9.53 Å². The Morgan fingerprint density at radius 3 is 2.55 bits per heavy atom. The highest BCUT2D eigenvalue weighted by Crippen LogP contribution is 2.50. The number of hydrogen-bond acceptors (Lipinski definition) is 3. The molecular formula is C28H29NO2. The number of allylic oxidation sites excluding steroid dienone is 2. The van der Waals surface area contributed by atoms with E-state index in [0.717, 1.165) is 41.1 Å². The summed E-state index contributed by atoms with van der Waals surface area (Å²) >= 11 is 0. The number of benzene rings is 3. The first-order chi connectivity index (χ1) is 15.0. The fraction of sp³-hybridized carbons (Fsp3) is 0.321. The standard InChI is InChI=1S/C28H29NO2/c1-4-15-31-20-12-9-19(10-13-20)25-26-21-8-6-5-7-18(21)11-14-22(26)29-23-16-28(2,3)17-24(30)27(23)25/h5-14,25,29H,4,15-17H2,1-3H3/t25-/m0/s1. The Kier molecular flexibility index (Phi) is 4.85. The molecule has 0 unspecified atom stereocenters. The molecule has 5 rings (SSSR count). The van der Waals surface area contributed by atoms with E-state index in [1.807, 2.05) is 12.1 Å². The molecule has 1 aliphatic heterocycles. The first-order valence-corrected chi connectivity index (χ1v) is 11.2. The number of ketones is 1. The normalized spacial score (nSPS) is 19.6. The van der Waals surface area contributed by atoms with Crippen LogP contribution in [0.15, 0.2) is 71.9 Å². The number of carbonyl (C=O) groups excluding carboxylic acids is 1. The molecule has 3 nitrogen and oxygen atoms in total. The van der Waals surface area contributed by atoms with Crippen LogP contribution in [0.4, 0.5) is 5.69 Å². The van der Waals surface area contributed by atoms with Gasteiger partial charge in [0.1, 0.15) is 5.75 Å². The molecule has 1 N–H and O–H groups in total. The van der Waals surface area contributed by atoms with Gasteiger partial charge in [0.05, 0.1) is 6.61 Å². The minimum absolute atomic E-state index is 0.0281. The molecular weight excluding hydrogens is 382 g/mol. The molecule has 31 heavy (non-hydrogen) atoms. The fourth-order valence-corrected chi connectivity index (χ4v) is 5.11. The summed E-state index contributed by atoms with van der Waals surface area (Å²) in [5.41, 5.74) is 5.44. The summed E-state index contributed by atoms with van der Waals surface area (Å²) in [5, 5.41) is 6.05. The van der Waals surface area contributed by atoms with Gasteiger partial charge in [-0.3, -0.25) is 4.79 Å². The Morgan fingerprint density at radius 2 is 1.77 bits per heavy atom. The molecule has 3 aromatic rings. The number of Topliss-reactive ketones (excluding diaryl/α,β-unsaturated/α-hetero) is 1. The van der Waals surface area contributed by atoms with E-state index < -0.39 is 0 Å². The third-order valence-corrected chi connectivity index (χ3v) is 6.44. The Labute approximate surface area is 184 Å². The van der Waals surface area contributed by atoms with E-state index in [2.05, 4.69) is 74.6 Å². The van der Waals surface area contributed by atoms with E-state index in [9.17, 15) is 4.79 Å². The van der Waals surface area contributed by atoms with Gasteiger partial charge in [0.25, 0.3) is 0 Å². The maximum Gasteiger partial charge on any atom is 0.162 e. The van der Waals surface area contributed by atoms with Crippen molar-refractivity contribution in [2.24, 2.45) is 5.41 Å². The lowest BCUT2D eigenvalue weighted by molar-refractivity contribution is -0.118. The summed E-state index contributed by atoms with van der Waals surface area (Å²) in [7, 11) is 0. The van der Waals surface area contributed by atoms with Gasteiger partial charge in [0, 0.05) is 29.3 Å². The van der Waals surface area contributed by atoms with Crippen LogP contribution in [0.25, 0.3) is 10.8 Å². The quantitative estimate of drug-likeness (QED) is 0.511. The highest BCUT2D eigenvalue weighted by molar-refractivity contribution is 6.04. The van der Waals surface area contributed by atoms with Crippen molar-refractivity contribution in [3.63, 3.8) is 0 Å². The van der Waals surface area contributed by atoms with Crippen LogP contribution in [0.2, 0.25) is 0 Å². The number of carbonyl (C=O) groups is 1. The molecule has 1 heterocycles. The number of nitrogens with one attached hydrogen (secondary N) is 1. The van der Waals surface area contributed by atoms with E-state index in [-0.39, 0.29) is 17.1 Å². The average Bonchev–Trinajstić information content (AvgIpc) is 2.75. The minimum Gasteiger partial charge on any atom is -0.494 e. The zero-order valence-corrected chi connectivity index (χ0v) is 18.5. The predicted molar refractivity (Wildman–Crippen MR) is 127 cm³/mol. The Morgan fingerprint density at radius 1 is 1.00 bits per heavy atom. The summed E-state index contributed by atoms with van der Waals surface area (Å²) in [6, 6.07) is 21.1. The Hall–Kier alpha value is -3.07. The molecule has 158 valence electrons. The monoisotopic (exact) mass is 411 g/mol.